The zero-order valence-corrected chi connectivity index (χ0v) is 17.4. The van der Waals surface area contributed by atoms with E-state index in [1.807, 2.05) is 61.5 Å². The van der Waals surface area contributed by atoms with E-state index in [9.17, 15) is 4.79 Å². The summed E-state index contributed by atoms with van der Waals surface area (Å²) < 4.78 is 16.4. The first-order chi connectivity index (χ1) is 14.5. The molecular weight excluding hydrogens is 378 g/mol. The van der Waals surface area contributed by atoms with Crippen LogP contribution in [0, 0.1) is 6.92 Å². The lowest BCUT2D eigenvalue weighted by Gasteiger charge is -2.15. The van der Waals surface area contributed by atoms with Gasteiger partial charge in [0.2, 0.25) is 0 Å². The summed E-state index contributed by atoms with van der Waals surface area (Å²) in [6, 6.07) is 19.6. The molecule has 4 aromatic rings. The minimum atomic E-state index is -0.182. The molecule has 0 radical (unpaired) electrons. The van der Waals surface area contributed by atoms with Crippen molar-refractivity contribution >= 4 is 10.8 Å². The second-order valence-electron chi connectivity index (χ2n) is 7.05. The van der Waals surface area contributed by atoms with Gasteiger partial charge in [0.05, 0.1) is 26.7 Å². The number of rotatable bonds is 5. The number of hydrogen-bond donors (Lipinski definition) is 1. The lowest BCUT2D eigenvalue weighted by molar-refractivity contribution is 0.356. The van der Waals surface area contributed by atoms with Crippen LogP contribution in [0.4, 0.5) is 0 Å². The molecule has 5 nitrogen and oxygen atoms in total. The first-order valence-corrected chi connectivity index (χ1v) is 9.59. The Hall–Kier alpha value is -3.73. The van der Waals surface area contributed by atoms with Crippen LogP contribution in [0.3, 0.4) is 0 Å². The summed E-state index contributed by atoms with van der Waals surface area (Å²) in [5, 5.41) is 1.33. The number of ether oxygens (including phenoxy) is 3. The van der Waals surface area contributed by atoms with Gasteiger partial charge in [-0.15, -0.1) is 0 Å². The molecule has 1 N–H and O–H groups in total. The second-order valence-corrected chi connectivity index (χ2v) is 7.05. The molecule has 152 valence electrons. The highest BCUT2D eigenvalue weighted by Gasteiger charge is 2.14. The Labute approximate surface area is 174 Å². The van der Waals surface area contributed by atoms with Gasteiger partial charge in [-0.1, -0.05) is 30.3 Å². The Kier molecular flexibility index (Phi) is 5.19. The number of aromatic nitrogens is 1. The predicted molar refractivity (Wildman–Crippen MR) is 120 cm³/mol. The Morgan fingerprint density at radius 3 is 2.13 bits per heavy atom. The van der Waals surface area contributed by atoms with Crippen LogP contribution in [-0.4, -0.2) is 26.3 Å². The summed E-state index contributed by atoms with van der Waals surface area (Å²) in [5.41, 5.74) is 4.46. The van der Waals surface area contributed by atoms with Crippen LogP contribution in [0.15, 0.2) is 65.5 Å². The summed E-state index contributed by atoms with van der Waals surface area (Å²) in [6.45, 7) is 2.00. The van der Waals surface area contributed by atoms with E-state index < -0.39 is 0 Å². The van der Waals surface area contributed by atoms with Gasteiger partial charge in [-0.25, -0.2) is 0 Å². The van der Waals surface area contributed by atoms with Crippen molar-refractivity contribution in [3.63, 3.8) is 0 Å². The van der Waals surface area contributed by atoms with E-state index in [0.29, 0.717) is 16.9 Å². The number of aromatic amines is 1. The predicted octanol–water partition coefficient (Wildman–Crippen LogP) is 5.20. The third-order valence-corrected chi connectivity index (χ3v) is 5.22. The quantitative estimate of drug-likeness (QED) is 0.500. The van der Waals surface area contributed by atoms with E-state index in [0.717, 1.165) is 39.1 Å². The first kappa shape index (κ1) is 19.6. The van der Waals surface area contributed by atoms with E-state index in [4.69, 9.17) is 14.2 Å². The summed E-state index contributed by atoms with van der Waals surface area (Å²) in [5.74, 6) is 1.92. The molecular formula is C25H23NO4. The first-order valence-electron chi connectivity index (χ1n) is 9.59. The van der Waals surface area contributed by atoms with E-state index >= 15 is 0 Å². The van der Waals surface area contributed by atoms with Crippen LogP contribution in [0.25, 0.3) is 33.2 Å². The maximum atomic E-state index is 12.8. The van der Waals surface area contributed by atoms with Crippen molar-refractivity contribution in [3.05, 3.63) is 76.6 Å². The number of methoxy groups -OCH3 is 3. The molecule has 5 heteroatoms. The average molecular weight is 401 g/mol. The molecule has 0 unspecified atom stereocenters. The molecule has 0 atom stereocenters. The molecule has 0 fully saturated rings. The second kappa shape index (κ2) is 7.95. The van der Waals surface area contributed by atoms with Gasteiger partial charge in [-0.05, 0) is 59.3 Å². The highest BCUT2D eigenvalue weighted by atomic mass is 16.5. The van der Waals surface area contributed by atoms with Crippen molar-refractivity contribution in [1.82, 2.24) is 4.98 Å². The molecule has 0 saturated heterocycles. The van der Waals surface area contributed by atoms with Crippen molar-refractivity contribution in [2.75, 3.05) is 21.3 Å². The van der Waals surface area contributed by atoms with Gasteiger partial charge in [0.25, 0.3) is 5.56 Å². The van der Waals surface area contributed by atoms with Crippen molar-refractivity contribution < 1.29 is 14.2 Å². The van der Waals surface area contributed by atoms with E-state index in [1.54, 1.807) is 27.4 Å². The van der Waals surface area contributed by atoms with Crippen LogP contribution in [0.1, 0.15) is 5.56 Å². The monoisotopic (exact) mass is 401 g/mol. The molecule has 0 spiro atoms. The molecule has 0 aliphatic carbocycles. The van der Waals surface area contributed by atoms with Crippen molar-refractivity contribution in [2.24, 2.45) is 0 Å². The fraction of sp³-hybridized carbons (Fsp3) is 0.160. The van der Waals surface area contributed by atoms with Gasteiger partial charge >= 0.3 is 0 Å². The smallest absolute Gasteiger partial charge is 0.256 e. The summed E-state index contributed by atoms with van der Waals surface area (Å²) in [4.78, 5) is 15.8. The maximum Gasteiger partial charge on any atom is 0.256 e. The summed E-state index contributed by atoms with van der Waals surface area (Å²) in [6.07, 6.45) is 0. The molecule has 0 amide bonds. The number of H-pyrrole nitrogens is 1. The summed E-state index contributed by atoms with van der Waals surface area (Å²) in [7, 11) is 4.81. The molecule has 0 aliphatic heterocycles. The number of pyridine rings is 1. The van der Waals surface area contributed by atoms with Crippen molar-refractivity contribution in [3.8, 4) is 39.6 Å². The van der Waals surface area contributed by atoms with E-state index in [2.05, 4.69) is 4.98 Å². The normalized spacial score (nSPS) is 10.8. The van der Waals surface area contributed by atoms with Gasteiger partial charge < -0.3 is 19.2 Å². The molecule has 0 aliphatic rings. The van der Waals surface area contributed by atoms with Gasteiger partial charge in [0.15, 0.2) is 11.5 Å². The van der Waals surface area contributed by atoms with Crippen LogP contribution >= 0.6 is 0 Å². The number of benzene rings is 3. The minimum Gasteiger partial charge on any atom is -0.496 e. The van der Waals surface area contributed by atoms with Gasteiger partial charge in [-0.3, -0.25) is 4.79 Å². The molecule has 0 saturated carbocycles. The Balaban J connectivity index is 1.94. The van der Waals surface area contributed by atoms with Crippen LogP contribution in [0.5, 0.6) is 17.2 Å². The van der Waals surface area contributed by atoms with Gasteiger partial charge in [-0.2, -0.15) is 0 Å². The van der Waals surface area contributed by atoms with E-state index in [-0.39, 0.29) is 5.56 Å². The number of hydrogen-bond acceptors (Lipinski definition) is 4. The zero-order valence-electron chi connectivity index (χ0n) is 17.4. The van der Waals surface area contributed by atoms with Crippen molar-refractivity contribution in [1.29, 1.82) is 0 Å². The number of nitrogens with one attached hydrogen (secondary N) is 1. The lowest BCUT2D eigenvalue weighted by atomic mass is 9.96. The van der Waals surface area contributed by atoms with E-state index in [1.165, 1.54) is 0 Å². The SMILES string of the molecule is COc1cc2cc(-c3cc(C)c(OC)c(-c4ccccc4)c3)[nH]c(=O)c2cc1OC. The number of fused-ring (bicyclic) bond motifs is 1. The Morgan fingerprint density at radius 2 is 1.47 bits per heavy atom. The highest BCUT2D eigenvalue weighted by Crippen LogP contribution is 2.38. The fourth-order valence-electron chi connectivity index (χ4n) is 3.78. The molecule has 1 aromatic heterocycles. The van der Waals surface area contributed by atoms with Gasteiger partial charge in [0, 0.05) is 11.3 Å². The van der Waals surface area contributed by atoms with Crippen LogP contribution < -0.4 is 19.8 Å². The third kappa shape index (κ3) is 3.39. The largest absolute Gasteiger partial charge is 0.496 e. The van der Waals surface area contributed by atoms with Crippen LogP contribution in [0.2, 0.25) is 0 Å². The number of aryl methyl sites for hydroxylation is 1. The Morgan fingerprint density at radius 1 is 0.767 bits per heavy atom. The molecule has 1 heterocycles. The highest BCUT2D eigenvalue weighted by molar-refractivity contribution is 5.89. The average Bonchev–Trinajstić information content (AvgIpc) is 2.78. The lowest BCUT2D eigenvalue weighted by Crippen LogP contribution is -2.08. The molecule has 3 aromatic carbocycles. The van der Waals surface area contributed by atoms with Crippen molar-refractivity contribution in [2.45, 2.75) is 6.92 Å². The molecule has 30 heavy (non-hydrogen) atoms. The minimum absolute atomic E-state index is 0.182. The van der Waals surface area contributed by atoms with Crippen LogP contribution in [-0.2, 0) is 0 Å². The fourth-order valence-corrected chi connectivity index (χ4v) is 3.78. The Bertz CT molecular complexity index is 1280. The maximum absolute atomic E-state index is 12.8. The molecule has 4 rings (SSSR count). The topological polar surface area (TPSA) is 60.5 Å². The van der Waals surface area contributed by atoms with Gasteiger partial charge in [0.1, 0.15) is 5.75 Å². The zero-order chi connectivity index (χ0) is 21.3. The molecule has 0 bridgehead atoms. The third-order valence-electron chi connectivity index (χ3n) is 5.22. The summed E-state index contributed by atoms with van der Waals surface area (Å²) >= 11 is 0. The standard InChI is InChI=1S/C25H23NO4/c1-15-10-18(11-19(24(15)30-4)16-8-6-5-7-9-16)21-12-17-13-22(28-2)23(29-3)14-20(17)25(27)26-21/h5-14H,1-4H3,(H,26,27).